The maximum Gasteiger partial charge on any atom is 0.323 e. The van der Waals surface area contributed by atoms with Gasteiger partial charge in [-0.1, -0.05) is 12.1 Å². The Kier molecular flexibility index (Phi) is 7.55. The summed E-state index contributed by atoms with van der Waals surface area (Å²) in [6.45, 7) is 4.68. The molecule has 0 radical (unpaired) electrons. The van der Waals surface area contributed by atoms with Gasteiger partial charge in [0.1, 0.15) is 18.5 Å². The minimum absolute atomic E-state index is 0.0380. The number of ether oxygens (including phenoxy) is 2. The maximum atomic E-state index is 13.4. The highest BCUT2D eigenvalue weighted by Gasteiger charge is 2.39. The molecule has 0 aromatic heterocycles. The first-order valence-corrected chi connectivity index (χ1v) is 11.9. The number of fused-ring (bicyclic) bond motifs is 2. The average molecular weight is 481 g/mol. The molecule has 1 saturated heterocycles. The molecule has 0 unspecified atom stereocenters. The van der Waals surface area contributed by atoms with Gasteiger partial charge in [0.25, 0.3) is 5.91 Å². The Morgan fingerprint density at radius 2 is 1.86 bits per heavy atom. The lowest BCUT2D eigenvalue weighted by Crippen LogP contribution is -2.54. The van der Waals surface area contributed by atoms with Crippen LogP contribution in [0.2, 0.25) is 0 Å². The zero-order valence-corrected chi connectivity index (χ0v) is 20.3. The Morgan fingerprint density at radius 1 is 1.09 bits per heavy atom. The molecule has 2 aliphatic rings. The summed E-state index contributed by atoms with van der Waals surface area (Å²) in [6, 6.07) is 11.9. The van der Waals surface area contributed by atoms with Crippen LogP contribution in [0.1, 0.15) is 42.1 Å². The number of carbonyl (C=O) groups is 3. The first-order valence-electron chi connectivity index (χ1n) is 11.9. The lowest BCUT2D eigenvalue weighted by molar-refractivity contribution is -0.133. The van der Waals surface area contributed by atoms with Crippen LogP contribution in [0.15, 0.2) is 42.5 Å². The van der Waals surface area contributed by atoms with Crippen LogP contribution in [0.5, 0.6) is 5.75 Å². The van der Waals surface area contributed by atoms with Crippen molar-refractivity contribution in [2.75, 3.05) is 30.8 Å². The van der Waals surface area contributed by atoms with E-state index in [2.05, 4.69) is 16.0 Å². The first-order chi connectivity index (χ1) is 16.8. The SMILES string of the molecule is CCNC(=O)C[C@H]1CC[C@@H]2[C@@H](COc3ccc(NC(=O)Nc4cccc(C)c4)cc3C(=O)N2C)O1. The third-order valence-electron chi connectivity index (χ3n) is 6.33. The van der Waals surface area contributed by atoms with Crippen molar-refractivity contribution in [1.82, 2.24) is 10.2 Å². The highest BCUT2D eigenvalue weighted by atomic mass is 16.5. The highest BCUT2D eigenvalue weighted by Crippen LogP contribution is 2.32. The molecule has 35 heavy (non-hydrogen) atoms. The zero-order chi connectivity index (χ0) is 24.9. The fourth-order valence-corrected chi connectivity index (χ4v) is 4.60. The van der Waals surface area contributed by atoms with E-state index in [0.717, 1.165) is 5.56 Å². The second-order valence-corrected chi connectivity index (χ2v) is 8.99. The molecular formula is C26H32N4O5. The minimum Gasteiger partial charge on any atom is -0.490 e. The number of rotatable bonds is 5. The first kappa shape index (κ1) is 24.5. The van der Waals surface area contributed by atoms with Gasteiger partial charge in [-0.25, -0.2) is 4.79 Å². The van der Waals surface area contributed by atoms with Gasteiger partial charge in [-0.3, -0.25) is 9.59 Å². The van der Waals surface area contributed by atoms with E-state index < -0.39 is 6.03 Å². The molecule has 186 valence electrons. The van der Waals surface area contributed by atoms with Crippen molar-refractivity contribution in [2.45, 2.75) is 51.4 Å². The van der Waals surface area contributed by atoms with Gasteiger partial charge in [0.15, 0.2) is 0 Å². The Hall–Kier alpha value is -3.59. The van der Waals surface area contributed by atoms with Crippen LogP contribution < -0.4 is 20.7 Å². The van der Waals surface area contributed by atoms with E-state index in [1.165, 1.54) is 0 Å². The Bertz CT molecular complexity index is 1100. The number of nitrogens with one attached hydrogen (secondary N) is 3. The summed E-state index contributed by atoms with van der Waals surface area (Å²) in [5.74, 6) is 0.187. The standard InChI is InChI=1S/C26H32N4O5/c1-4-27-24(31)14-19-9-10-21-23(35-19)15-34-22-11-8-18(13-20(22)25(32)30(21)3)29-26(33)28-17-7-5-6-16(2)12-17/h5-8,11-13,19,21,23H,4,9-10,14-15H2,1-3H3,(H,27,31)(H2,28,29,33)/t19-,21-,23-/m1/s1. The van der Waals surface area contributed by atoms with E-state index in [-0.39, 0.29) is 36.7 Å². The molecule has 0 saturated carbocycles. The molecule has 9 nitrogen and oxygen atoms in total. The monoisotopic (exact) mass is 480 g/mol. The van der Waals surface area contributed by atoms with Crippen LogP contribution in [0, 0.1) is 6.92 Å². The summed E-state index contributed by atoms with van der Waals surface area (Å²) < 4.78 is 12.2. The largest absolute Gasteiger partial charge is 0.490 e. The number of hydrogen-bond acceptors (Lipinski definition) is 5. The summed E-state index contributed by atoms with van der Waals surface area (Å²) in [5, 5.41) is 8.38. The van der Waals surface area contributed by atoms with Crippen molar-refractivity contribution in [3.8, 4) is 5.75 Å². The predicted molar refractivity (Wildman–Crippen MR) is 133 cm³/mol. The van der Waals surface area contributed by atoms with Gasteiger partial charge in [-0.2, -0.15) is 0 Å². The van der Waals surface area contributed by atoms with Crippen LogP contribution in [0.4, 0.5) is 16.2 Å². The quantitative estimate of drug-likeness (QED) is 0.607. The Balaban J connectivity index is 1.45. The maximum absolute atomic E-state index is 13.4. The molecule has 3 atom stereocenters. The van der Waals surface area contributed by atoms with Crippen molar-refractivity contribution >= 4 is 29.2 Å². The number of carbonyl (C=O) groups excluding carboxylic acids is 3. The molecule has 4 rings (SSSR count). The van der Waals surface area contributed by atoms with E-state index in [4.69, 9.17) is 9.47 Å². The molecule has 4 amide bonds. The molecule has 1 fully saturated rings. The van der Waals surface area contributed by atoms with Gasteiger partial charge < -0.3 is 30.3 Å². The van der Waals surface area contributed by atoms with Crippen LogP contribution in [0.25, 0.3) is 0 Å². The normalized spacial score (nSPS) is 21.5. The van der Waals surface area contributed by atoms with E-state index in [0.29, 0.717) is 48.5 Å². The molecular weight excluding hydrogens is 448 g/mol. The van der Waals surface area contributed by atoms with Crippen LogP contribution in [0.3, 0.4) is 0 Å². The molecule has 0 aliphatic carbocycles. The summed E-state index contributed by atoms with van der Waals surface area (Å²) in [5.41, 5.74) is 2.58. The molecule has 2 aromatic rings. The van der Waals surface area contributed by atoms with E-state index in [9.17, 15) is 14.4 Å². The van der Waals surface area contributed by atoms with Crippen molar-refractivity contribution < 1.29 is 23.9 Å². The molecule has 9 heteroatoms. The molecule has 2 heterocycles. The number of aryl methyl sites for hydroxylation is 1. The number of hydrogen-bond donors (Lipinski definition) is 3. The number of amides is 4. The third-order valence-corrected chi connectivity index (χ3v) is 6.33. The van der Waals surface area contributed by atoms with Crippen LogP contribution in [-0.2, 0) is 9.53 Å². The average Bonchev–Trinajstić information content (AvgIpc) is 2.82. The number of likely N-dealkylation sites (N-methyl/N-ethyl adjacent to an activating group) is 1. The molecule has 2 aliphatic heterocycles. The van der Waals surface area contributed by atoms with Gasteiger partial charge in [0.2, 0.25) is 5.91 Å². The van der Waals surface area contributed by atoms with Crippen molar-refractivity contribution in [3.05, 3.63) is 53.6 Å². The summed E-state index contributed by atoms with van der Waals surface area (Å²) in [6.07, 6.45) is 1.16. The summed E-state index contributed by atoms with van der Waals surface area (Å²) in [7, 11) is 1.76. The fraction of sp³-hybridized carbons (Fsp3) is 0.423. The topological polar surface area (TPSA) is 109 Å². The third kappa shape index (κ3) is 5.92. The Labute approximate surface area is 205 Å². The minimum atomic E-state index is -0.401. The Morgan fingerprint density at radius 3 is 2.60 bits per heavy atom. The van der Waals surface area contributed by atoms with Crippen molar-refractivity contribution in [3.63, 3.8) is 0 Å². The predicted octanol–water partition coefficient (Wildman–Crippen LogP) is 3.55. The van der Waals surface area contributed by atoms with Gasteiger partial charge in [-0.05, 0) is 62.6 Å². The molecule has 2 aromatic carbocycles. The zero-order valence-electron chi connectivity index (χ0n) is 20.3. The smallest absolute Gasteiger partial charge is 0.323 e. The van der Waals surface area contributed by atoms with E-state index >= 15 is 0 Å². The molecule has 0 bridgehead atoms. The number of nitrogens with zero attached hydrogens (tertiary/aromatic N) is 1. The lowest BCUT2D eigenvalue weighted by Gasteiger charge is -2.42. The fourth-order valence-electron chi connectivity index (χ4n) is 4.60. The number of benzene rings is 2. The highest BCUT2D eigenvalue weighted by molar-refractivity contribution is 6.02. The van der Waals surface area contributed by atoms with Gasteiger partial charge >= 0.3 is 6.03 Å². The van der Waals surface area contributed by atoms with Gasteiger partial charge in [0, 0.05) is 25.0 Å². The summed E-state index contributed by atoms with van der Waals surface area (Å²) in [4.78, 5) is 39.5. The van der Waals surface area contributed by atoms with Crippen molar-refractivity contribution in [2.24, 2.45) is 0 Å². The number of anilines is 2. The van der Waals surface area contributed by atoms with Gasteiger partial charge in [0.05, 0.1) is 24.1 Å². The van der Waals surface area contributed by atoms with E-state index in [1.807, 2.05) is 38.1 Å². The van der Waals surface area contributed by atoms with Crippen molar-refractivity contribution in [1.29, 1.82) is 0 Å². The van der Waals surface area contributed by atoms with E-state index in [1.54, 1.807) is 30.1 Å². The van der Waals surface area contributed by atoms with Crippen LogP contribution in [-0.4, -0.2) is 61.2 Å². The van der Waals surface area contributed by atoms with Crippen LogP contribution >= 0.6 is 0 Å². The summed E-state index contributed by atoms with van der Waals surface area (Å²) >= 11 is 0. The van der Waals surface area contributed by atoms with Gasteiger partial charge in [-0.15, -0.1) is 0 Å². The second-order valence-electron chi connectivity index (χ2n) is 8.99. The molecule has 3 N–H and O–H groups in total. The lowest BCUT2D eigenvalue weighted by atomic mass is 9.94. The number of urea groups is 1. The molecule has 0 spiro atoms. The second kappa shape index (κ2) is 10.8.